The highest BCUT2D eigenvalue weighted by molar-refractivity contribution is 6.33. The fourth-order valence-electron chi connectivity index (χ4n) is 4.26. The molecule has 1 fully saturated rings. The van der Waals surface area contributed by atoms with Crippen molar-refractivity contribution in [3.8, 4) is 22.7 Å². The molecule has 35 heavy (non-hydrogen) atoms. The quantitative estimate of drug-likeness (QED) is 0.342. The molecule has 2 heterocycles. The zero-order chi connectivity index (χ0) is 24.4. The highest BCUT2D eigenvalue weighted by Crippen LogP contribution is 2.29. The van der Waals surface area contributed by atoms with E-state index in [9.17, 15) is 4.79 Å². The summed E-state index contributed by atoms with van der Waals surface area (Å²) in [6.07, 6.45) is 0. The minimum Gasteiger partial charge on any atom is -0.497 e. The third-order valence-corrected chi connectivity index (χ3v) is 6.79. The number of hydrogen-bond acceptors (Lipinski definition) is 4. The topological polar surface area (TPSA) is 50.6 Å². The number of halogens is 2. The van der Waals surface area contributed by atoms with Gasteiger partial charge in [0.05, 0.1) is 34.2 Å². The zero-order valence-corrected chi connectivity index (χ0v) is 20.7. The van der Waals surface area contributed by atoms with Gasteiger partial charge in [0.1, 0.15) is 11.4 Å². The number of nitrogens with zero attached hydrogens (tertiary/aromatic N) is 4. The zero-order valence-electron chi connectivity index (χ0n) is 19.2. The Morgan fingerprint density at radius 2 is 1.43 bits per heavy atom. The summed E-state index contributed by atoms with van der Waals surface area (Å²) in [4.78, 5) is 17.8. The molecule has 178 valence electrons. The first kappa shape index (κ1) is 23.3. The van der Waals surface area contributed by atoms with E-state index in [1.54, 1.807) is 17.9 Å². The van der Waals surface area contributed by atoms with Gasteiger partial charge < -0.3 is 14.5 Å². The molecule has 0 saturated carbocycles. The SMILES string of the molecule is COc1ccc(-c2cc(C(=O)N3CCN(c4ccccc4Cl)CC3)n(-c3ccccc3Cl)n2)cc1. The molecule has 0 spiro atoms. The number of carbonyl (C=O) groups is 1. The maximum Gasteiger partial charge on any atom is 0.272 e. The molecule has 1 amide bonds. The summed E-state index contributed by atoms with van der Waals surface area (Å²) in [5.74, 6) is 0.669. The first-order valence-electron chi connectivity index (χ1n) is 11.3. The van der Waals surface area contributed by atoms with Crippen molar-refractivity contribution in [2.75, 3.05) is 38.2 Å². The summed E-state index contributed by atoms with van der Waals surface area (Å²) in [7, 11) is 1.63. The molecular weight excluding hydrogens is 483 g/mol. The Bertz CT molecular complexity index is 1350. The molecule has 0 bridgehead atoms. The number of ether oxygens (including phenoxy) is 1. The first-order valence-corrected chi connectivity index (χ1v) is 12.1. The molecule has 6 nitrogen and oxygen atoms in total. The Labute approximate surface area is 214 Å². The number of piperazine rings is 1. The van der Waals surface area contributed by atoms with E-state index < -0.39 is 0 Å². The number of hydrogen-bond donors (Lipinski definition) is 0. The molecule has 0 radical (unpaired) electrons. The molecule has 0 unspecified atom stereocenters. The van der Waals surface area contributed by atoms with Gasteiger partial charge in [-0.25, -0.2) is 4.68 Å². The summed E-state index contributed by atoms with van der Waals surface area (Å²) >= 11 is 12.9. The van der Waals surface area contributed by atoms with Crippen LogP contribution >= 0.6 is 23.2 Å². The minimum atomic E-state index is -0.0870. The van der Waals surface area contributed by atoms with E-state index in [1.165, 1.54) is 0 Å². The van der Waals surface area contributed by atoms with Gasteiger partial charge in [-0.15, -0.1) is 0 Å². The molecule has 1 aromatic heterocycles. The van der Waals surface area contributed by atoms with Crippen molar-refractivity contribution < 1.29 is 9.53 Å². The van der Waals surface area contributed by atoms with E-state index in [2.05, 4.69) is 4.90 Å². The predicted molar refractivity (Wildman–Crippen MR) is 140 cm³/mol. The van der Waals surface area contributed by atoms with Crippen LogP contribution in [0.4, 0.5) is 5.69 Å². The van der Waals surface area contributed by atoms with E-state index in [-0.39, 0.29) is 5.91 Å². The van der Waals surface area contributed by atoms with Crippen LogP contribution in [0.2, 0.25) is 10.0 Å². The smallest absolute Gasteiger partial charge is 0.272 e. The molecule has 3 aromatic carbocycles. The Morgan fingerprint density at radius 1 is 0.829 bits per heavy atom. The molecular formula is C27H24Cl2N4O2. The van der Waals surface area contributed by atoms with Crippen LogP contribution in [-0.2, 0) is 0 Å². The van der Waals surface area contributed by atoms with Crippen LogP contribution < -0.4 is 9.64 Å². The molecule has 0 aliphatic carbocycles. The number of aromatic nitrogens is 2. The molecule has 1 aliphatic rings. The molecule has 0 N–H and O–H groups in total. The molecule has 0 atom stereocenters. The fourth-order valence-corrected chi connectivity index (χ4v) is 4.74. The monoisotopic (exact) mass is 506 g/mol. The molecule has 1 saturated heterocycles. The maximum absolute atomic E-state index is 13.7. The van der Waals surface area contributed by atoms with Gasteiger partial charge >= 0.3 is 0 Å². The Morgan fingerprint density at radius 3 is 2.03 bits per heavy atom. The van der Waals surface area contributed by atoms with Crippen LogP contribution in [-0.4, -0.2) is 53.9 Å². The molecule has 8 heteroatoms. The van der Waals surface area contributed by atoms with Crippen molar-refractivity contribution in [2.45, 2.75) is 0 Å². The lowest BCUT2D eigenvalue weighted by Crippen LogP contribution is -2.49. The van der Waals surface area contributed by atoms with E-state index in [1.807, 2.05) is 77.7 Å². The van der Waals surface area contributed by atoms with Crippen molar-refractivity contribution in [1.82, 2.24) is 14.7 Å². The van der Waals surface area contributed by atoms with Crippen LogP contribution in [0.5, 0.6) is 5.75 Å². The second-order valence-electron chi connectivity index (χ2n) is 8.24. The second-order valence-corrected chi connectivity index (χ2v) is 9.05. The molecule has 1 aliphatic heterocycles. The molecule has 5 rings (SSSR count). The first-order chi connectivity index (χ1) is 17.0. The van der Waals surface area contributed by atoms with Gasteiger partial charge in [0.2, 0.25) is 0 Å². The summed E-state index contributed by atoms with van der Waals surface area (Å²) in [5, 5.41) is 6.01. The van der Waals surface area contributed by atoms with Gasteiger partial charge in [-0.2, -0.15) is 5.10 Å². The van der Waals surface area contributed by atoms with Crippen molar-refractivity contribution in [3.63, 3.8) is 0 Å². The highest BCUT2D eigenvalue weighted by Gasteiger charge is 2.27. The van der Waals surface area contributed by atoms with Gasteiger partial charge in [0.15, 0.2) is 0 Å². The normalized spacial score (nSPS) is 13.7. The minimum absolute atomic E-state index is 0.0870. The lowest BCUT2D eigenvalue weighted by molar-refractivity contribution is 0.0737. The van der Waals surface area contributed by atoms with Crippen molar-refractivity contribution >= 4 is 34.8 Å². The number of anilines is 1. The van der Waals surface area contributed by atoms with Crippen molar-refractivity contribution in [2.24, 2.45) is 0 Å². The predicted octanol–water partition coefficient (Wildman–Crippen LogP) is 5.82. The van der Waals surface area contributed by atoms with Crippen molar-refractivity contribution in [1.29, 1.82) is 0 Å². The lowest BCUT2D eigenvalue weighted by Gasteiger charge is -2.36. The fraction of sp³-hybridized carbons (Fsp3) is 0.185. The van der Waals surface area contributed by atoms with Crippen LogP contribution in [0.1, 0.15) is 10.5 Å². The van der Waals surface area contributed by atoms with E-state index in [4.69, 9.17) is 33.0 Å². The summed E-state index contributed by atoms with van der Waals surface area (Å²) in [5.41, 5.74) is 3.69. The lowest BCUT2D eigenvalue weighted by atomic mass is 10.1. The standard InChI is InChI=1S/C27H24Cl2N4O2/c1-35-20-12-10-19(11-13-20)23-18-26(33(30-23)25-9-5-3-7-22(25)29)27(34)32-16-14-31(15-17-32)24-8-4-2-6-21(24)28/h2-13,18H,14-17H2,1H3. The third-order valence-electron chi connectivity index (χ3n) is 6.15. The largest absolute Gasteiger partial charge is 0.497 e. The van der Waals surface area contributed by atoms with Gasteiger partial charge in [-0.05, 0) is 54.6 Å². The highest BCUT2D eigenvalue weighted by atomic mass is 35.5. The number of carbonyl (C=O) groups excluding carboxylic acids is 1. The van der Waals surface area contributed by atoms with Crippen LogP contribution in [0.25, 0.3) is 16.9 Å². The van der Waals surface area contributed by atoms with E-state index in [0.717, 1.165) is 17.0 Å². The van der Waals surface area contributed by atoms with E-state index in [0.29, 0.717) is 53.3 Å². The average molecular weight is 507 g/mol. The van der Waals surface area contributed by atoms with E-state index >= 15 is 0 Å². The number of rotatable bonds is 5. The van der Waals surface area contributed by atoms with Crippen LogP contribution in [0.3, 0.4) is 0 Å². The number of methoxy groups -OCH3 is 1. The molecule has 4 aromatic rings. The maximum atomic E-state index is 13.7. The average Bonchev–Trinajstić information content (AvgIpc) is 3.34. The Hall–Kier alpha value is -3.48. The number of para-hydroxylation sites is 2. The number of amides is 1. The summed E-state index contributed by atoms with van der Waals surface area (Å²) < 4.78 is 6.91. The van der Waals surface area contributed by atoms with Gasteiger partial charge in [0.25, 0.3) is 5.91 Å². The summed E-state index contributed by atoms with van der Waals surface area (Å²) in [6, 6.07) is 24.6. The Kier molecular flexibility index (Phi) is 6.66. The summed E-state index contributed by atoms with van der Waals surface area (Å²) in [6.45, 7) is 2.55. The van der Waals surface area contributed by atoms with Crippen LogP contribution in [0, 0.1) is 0 Å². The van der Waals surface area contributed by atoms with Gasteiger partial charge in [0, 0.05) is 31.7 Å². The van der Waals surface area contributed by atoms with Crippen LogP contribution in [0.15, 0.2) is 78.9 Å². The third kappa shape index (κ3) is 4.72. The Balaban J connectivity index is 1.45. The second kappa shape index (κ2) is 10.0. The van der Waals surface area contributed by atoms with Crippen molar-refractivity contribution in [3.05, 3.63) is 94.6 Å². The van der Waals surface area contributed by atoms with Gasteiger partial charge in [-0.3, -0.25) is 4.79 Å². The van der Waals surface area contributed by atoms with Gasteiger partial charge in [-0.1, -0.05) is 47.5 Å². The number of benzene rings is 3.